The van der Waals surface area contributed by atoms with Crippen molar-refractivity contribution >= 4 is 11.4 Å². The Labute approximate surface area is 182 Å². The molecule has 2 saturated carbocycles. The Morgan fingerprint density at radius 3 is 2.17 bits per heavy atom. The average Bonchev–Trinajstić information content (AvgIpc) is 2.80. The van der Waals surface area contributed by atoms with Crippen molar-refractivity contribution in [1.29, 1.82) is 0 Å². The minimum Gasteiger partial charge on any atom is -0.371 e. The van der Waals surface area contributed by atoms with Crippen LogP contribution in [0.2, 0.25) is 0 Å². The van der Waals surface area contributed by atoms with Crippen LogP contribution in [0.1, 0.15) is 69.8 Å². The Morgan fingerprint density at radius 2 is 1.40 bits per heavy atom. The number of hydrogen-bond acceptors (Lipinski definition) is 3. The minimum absolute atomic E-state index is 0.0325. The van der Waals surface area contributed by atoms with E-state index in [0.717, 1.165) is 61.9 Å². The zero-order valence-corrected chi connectivity index (χ0v) is 18.9. The topological polar surface area (TPSA) is 9.72 Å². The van der Waals surface area contributed by atoms with Gasteiger partial charge in [-0.1, -0.05) is 38.5 Å². The summed E-state index contributed by atoms with van der Waals surface area (Å²) in [7, 11) is 0. The predicted molar refractivity (Wildman–Crippen MR) is 124 cm³/mol. The molecule has 2 aliphatic heterocycles. The molecule has 0 spiro atoms. The fraction of sp³-hybridized carbons (Fsp3) is 0.769. The molecule has 4 aliphatic rings. The van der Waals surface area contributed by atoms with Gasteiger partial charge < -0.3 is 9.80 Å². The Kier molecular flexibility index (Phi) is 6.22. The van der Waals surface area contributed by atoms with E-state index < -0.39 is 0 Å². The number of benzene rings is 1. The van der Waals surface area contributed by atoms with Crippen LogP contribution in [0.4, 0.5) is 15.8 Å². The highest BCUT2D eigenvalue weighted by Gasteiger charge is 2.32. The first kappa shape index (κ1) is 20.6. The molecule has 166 valence electrons. The van der Waals surface area contributed by atoms with E-state index in [-0.39, 0.29) is 5.82 Å². The third-order valence-electron chi connectivity index (χ3n) is 8.64. The number of nitrogens with zero attached hydrogens (tertiary/aromatic N) is 3. The molecule has 4 fully saturated rings. The molecule has 0 radical (unpaired) electrons. The molecule has 5 rings (SSSR count). The first-order valence-electron chi connectivity index (χ1n) is 12.7. The second-order valence-electron chi connectivity index (χ2n) is 10.4. The van der Waals surface area contributed by atoms with Gasteiger partial charge in [-0.25, -0.2) is 4.39 Å². The molecular weight excluding hydrogens is 373 g/mol. The van der Waals surface area contributed by atoms with Crippen LogP contribution in [-0.2, 0) is 0 Å². The van der Waals surface area contributed by atoms with Crippen molar-refractivity contribution in [2.24, 2.45) is 11.8 Å². The maximum absolute atomic E-state index is 15.0. The molecule has 0 aromatic heterocycles. The second-order valence-corrected chi connectivity index (χ2v) is 10.4. The third kappa shape index (κ3) is 4.22. The Balaban J connectivity index is 1.28. The van der Waals surface area contributed by atoms with E-state index >= 15 is 4.39 Å². The number of aryl methyl sites for hydroxylation is 1. The molecule has 1 aromatic rings. The average molecular weight is 414 g/mol. The normalized spacial score (nSPS) is 29.1. The van der Waals surface area contributed by atoms with Crippen molar-refractivity contribution < 1.29 is 4.39 Å². The number of anilines is 2. The monoisotopic (exact) mass is 413 g/mol. The first-order chi connectivity index (χ1) is 14.7. The predicted octanol–water partition coefficient (Wildman–Crippen LogP) is 5.61. The molecule has 0 unspecified atom stereocenters. The maximum Gasteiger partial charge on any atom is 0.146 e. The van der Waals surface area contributed by atoms with Crippen molar-refractivity contribution in [1.82, 2.24) is 4.90 Å². The van der Waals surface area contributed by atoms with Gasteiger partial charge in [0.15, 0.2) is 0 Å². The lowest BCUT2D eigenvalue weighted by molar-refractivity contribution is 0.147. The summed E-state index contributed by atoms with van der Waals surface area (Å²) in [5.41, 5.74) is 3.22. The summed E-state index contributed by atoms with van der Waals surface area (Å²) >= 11 is 0. The van der Waals surface area contributed by atoms with Gasteiger partial charge in [0.2, 0.25) is 0 Å². The van der Waals surface area contributed by atoms with Gasteiger partial charge in [0.1, 0.15) is 5.82 Å². The van der Waals surface area contributed by atoms with Crippen LogP contribution in [-0.4, -0.2) is 50.2 Å². The van der Waals surface area contributed by atoms with E-state index in [1.807, 2.05) is 0 Å². The van der Waals surface area contributed by atoms with E-state index in [2.05, 4.69) is 27.7 Å². The van der Waals surface area contributed by atoms with E-state index in [1.165, 1.54) is 76.4 Å². The van der Waals surface area contributed by atoms with Gasteiger partial charge in [0, 0.05) is 51.0 Å². The number of halogens is 1. The largest absolute Gasteiger partial charge is 0.371 e. The fourth-order valence-electron chi connectivity index (χ4n) is 6.83. The van der Waals surface area contributed by atoms with E-state index in [1.54, 1.807) is 6.07 Å². The van der Waals surface area contributed by atoms with Crippen LogP contribution >= 0.6 is 0 Å². The van der Waals surface area contributed by atoms with Crippen LogP contribution < -0.4 is 9.80 Å². The van der Waals surface area contributed by atoms with Crippen molar-refractivity contribution in [3.8, 4) is 0 Å². The number of rotatable bonds is 3. The highest BCUT2D eigenvalue weighted by atomic mass is 19.1. The van der Waals surface area contributed by atoms with Crippen LogP contribution in [0.3, 0.4) is 0 Å². The van der Waals surface area contributed by atoms with Gasteiger partial charge in [-0.15, -0.1) is 0 Å². The zero-order chi connectivity index (χ0) is 20.5. The van der Waals surface area contributed by atoms with Crippen LogP contribution in [0.25, 0.3) is 0 Å². The van der Waals surface area contributed by atoms with Gasteiger partial charge in [-0.05, 0) is 62.1 Å². The summed E-state index contributed by atoms with van der Waals surface area (Å²) in [6.45, 7) is 8.49. The van der Waals surface area contributed by atoms with Gasteiger partial charge >= 0.3 is 0 Å². The molecular formula is C26H40FN3. The van der Waals surface area contributed by atoms with Gasteiger partial charge in [0.05, 0.1) is 5.69 Å². The number of hydrogen-bond donors (Lipinski definition) is 0. The Hall–Kier alpha value is -1.29. The molecule has 1 aromatic carbocycles. The van der Waals surface area contributed by atoms with Gasteiger partial charge in [-0.2, -0.15) is 0 Å². The summed E-state index contributed by atoms with van der Waals surface area (Å²) in [6.07, 6.45) is 13.9. The quantitative estimate of drug-likeness (QED) is 0.638. The standard InChI is InChI=1S/C26H40FN3/c1-20-17-24(27)26(29-15-13-28(14-16-29)23-9-3-2-4-10-23)18-25(20)30-12-11-21-7-5-6-8-22(21)19-30/h17-18,21-23H,2-16,19H2,1H3/t21-,22+/m0/s1. The number of piperidine rings is 1. The molecule has 2 atom stereocenters. The molecule has 30 heavy (non-hydrogen) atoms. The smallest absolute Gasteiger partial charge is 0.146 e. The summed E-state index contributed by atoms with van der Waals surface area (Å²) in [6, 6.07) is 4.76. The highest BCUT2D eigenvalue weighted by Crippen LogP contribution is 2.39. The lowest BCUT2D eigenvalue weighted by atomic mass is 9.75. The first-order valence-corrected chi connectivity index (χ1v) is 12.7. The molecule has 2 aliphatic carbocycles. The molecule has 2 heterocycles. The van der Waals surface area contributed by atoms with E-state index in [0.29, 0.717) is 0 Å². The van der Waals surface area contributed by atoms with Gasteiger partial charge in [-0.3, -0.25) is 4.90 Å². The number of fused-ring (bicyclic) bond motifs is 1. The second kappa shape index (κ2) is 9.06. The minimum atomic E-state index is -0.0325. The molecule has 4 heteroatoms. The molecule has 3 nitrogen and oxygen atoms in total. The summed E-state index contributed by atoms with van der Waals surface area (Å²) in [4.78, 5) is 7.56. The van der Waals surface area contributed by atoms with Crippen LogP contribution in [0, 0.1) is 24.6 Å². The molecule has 0 bridgehead atoms. The van der Waals surface area contributed by atoms with Crippen molar-refractivity contribution in [2.75, 3.05) is 49.1 Å². The van der Waals surface area contributed by atoms with Crippen LogP contribution in [0.15, 0.2) is 12.1 Å². The van der Waals surface area contributed by atoms with E-state index in [4.69, 9.17) is 0 Å². The summed E-state index contributed by atoms with van der Waals surface area (Å²) in [5, 5.41) is 0. The van der Waals surface area contributed by atoms with Gasteiger partial charge in [0.25, 0.3) is 0 Å². The summed E-state index contributed by atoms with van der Waals surface area (Å²) in [5.74, 6) is 1.75. The molecule has 2 saturated heterocycles. The van der Waals surface area contributed by atoms with E-state index in [9.17, 15) is 0 Å². The zero-order valence-electron chi connectivity index (χ0n) is 18.9. The molecule has 0 N–H and O–H groups in total. The Morgan fingerprint density at radius 1 is 0.700 bits per heavy atom. The van der Waals surface area contributed by atoms with Crippen LogP contribution in [0.5, 0.6) is 0 Å². The lowest BCUT2D eigenvalue weighted by Gasteiger charge is -2.44. The lowest BCUT2D eigenvalue weighted by Crippen LogP contribution is -2.51. The van der Waals surface area contributed by atoms with Crippen molar-refractivity contribution in [3.63, 3.8) is 0 Å². The highest BCUT2D eigenvalue weighted by molar-refractivity contribution is 5.64. The Bertz CT molecular complexity index is 721. The number of piperazine rings is 1. The molecule has 0 amide bonds. The van der Waals surface area contributed by atoms with Crippen molar-refractivity contribution in [2.45, 2.75) is 77.2 Å². The van der Waals surface area contributed by atoms with Crippen molar-refractivity contribution in [3.05, 3.63) is 23.5 Å². The SMILES string of the molecule is Cc1cc(F)c(N2CCN(C3CCCCC3)CC2)cc1N1CC[C@@H]2CCCC[C@@H]2C1. The maximum atomic E-state index is 15.0. The fourth-order valence-corrected chi connectivity index (χ4v) is 6.83. The third-order valence-corrected chi connectivity index (χ3v) is 8.64. The summed E-state index contributed by atoms with van der Waals surface area (Å²) < 4.78 is 15.0.